The van der Waals surface area contributed by atoms with Gasteiger partial charge < -0.3 is 10.5 Å². The summed E-state index contributed by atoms with van der Waals surface area (Å²) in [6.45, 7) is 9.44. The van der Waals surface area contributed by atoms with E-state index < -0.39 is 0 Å². The Bertz CT molecular complexity index is 238. The minimum Gasteiger partial charge on any atom is -0.379 e. The van der Waals surface area contributed by atoms with Gasteiger partial charge in [0.25, 0.3) is 0 Å². The van der Waals surface area contributed by atoms with Crippen molar-refractivity contribution in [2.45, 2.75) is 45.1 Å². The first-order valence-corrected chi connectivity index (χ1v) is 7.23. The fraction of sp³-hybridized carbons (Fsp3) is 1.00. The third-order valence-electron chi connectivity index (χ3n) is 4.86. The highest BCUT2D eigenvalue weighted by Crippen LogP contribution is 2.42. The molecule has 3 nitrogen and oxygen atoms in total. The Labute approximate surface area is 106 Å². The second-order valence-corrected chi connectivity index (χ2v) is 6.00. The molecular formula is C14H28N2O. The van der Waals surface area contributed by atoms with E-state index in [-0.39, 0.29) is 5.54 Å². The molecule has 2 fully saturated rings. The lowest BCUT2D eigenvalue weighted by Crippen LogP contribution is -2.63. The fourth-order valence-electron chi connectivity index (χ4n) is 3.99. The molecule has 0 aromatic heterocycles. The van der Waals surface area contributed by atoms with E-state index in [0.717, 1.165) is 44.7 Å². The Hall–Kier alpha value is -0.120. The lowest BCUT2D eigenvalue weighted by Gasteiger charge is -2.53. The first kappa shape index (κ1) is 13.3. The normalized spacial score (nSPS) is 36.4. The van der Waals surface area contributed by atoms with Crippen LogP contribution >= 0.6 is 0 Å². The van der Waals surface area contributed by atoms with Gasteiger partial charge in [-0.15, -0.1) is 0 Å². The number of hydrogen-bond donors (Lipinski definition) is 1. The second-order valence-electron chi connectivity index (χ2n) is 6.00. The van der Waals surface area contributed by atoms with Crippen LogP contribution in [0, 0.1) is 11.8 Å². The standard InChI is InChI=1S/C14H28N2O/c1-12(2)13-5-3-4-6-14(13,11-15)16-7-9-17-10-8-16/h12-13H,3-11,15H2,1-2H3. The molecule has 1 heterocycles. The maximum absolute atomic E-state index is 6.21. The van der Waals surface area contributed by atoms with E-state index in [1.807, 2.05) is 0 Å². The van der Waals surface area contributed by atoms with Crippen LogP contribution in [0.4, 0.5) is 0 Å². The van der Waals surface area contributed by atoms with E-state index in [4.69, 9.17) is 10.5 Å². The minimum absolute atomic E-state index is 0.260. The Morgan fingerprint density at radius 3 is 2.59 bits per heavy atom. The molecule has 1 aliphatic carbocycles. The predicted octanol–water partition coefficient (Wildman–Crippen LogP) is 1.86. The average molecular weight is 240 g/mol. The molecular weight excluding hydrogens is 212 g/mol. The van der Waals surface area contributed by atoms with Gasteiger partial charge in [-0.2, -0.15) is 0 Å². The number of nitrogens with zero attached hydrogens (tertiary/aromatic N) is 1. The van der Waals surface area contributed by atoms with E-state index >= 15 is 0 Å². The number of hydrogen-bond acceptors (Lipinski definition) is 3. The lowest BCUT2D eigenvalue weighted by molar-refractivity contribution is -0.0692. The third kappa shape index (κ3) is 2.51. The summed E-state index contributed by atoms with van der Waals surface area (Å²) in [5.74, 6) is 1.50. The molecule has 0 bridgehead atoms. The van der Waals surface area contributed by atoms with Crippen molar-refractivity contribution in [3.05, 3.63) is 0 Å². The average Bonchev–Trinajstić information content (AvgIpc) is 2.39. The maximum atomic E-state index is 6.21. The zero-order valence-corrected chi connectivity index (χ0v) is 11.5. The number of rotatable bonds is 3. The summed E-state index contributed by atoms with van der Waals surface area (Å²) in [5.41, 5.74) is 6.47. The van der Waals surface area contributed by atoms with Gasteiger partial charge >= 0.3 is 0 Å². The van der Waals surface area contributed by atoms with Crippen LogP contribution in [0.2, 0.25) is 0 Å². The monoisotopic (exact) mass is 240 g/mol. The highest BCUT2D eigenvalue weighted by atomic mass is 16.5. The van der Waals surface area contributed by atoms with E-state index in [9.17, 15) is 0 Å². The SMILES string of the molecule is CC(C)C1CCCCC1(CN)N1CCOCC1. The van der Waals surface area contributed by atoms with Crippen molar-refractivity contribution < 1.29 is 4.74 Å². The number of morpholine rings is 1. The summed E-state index contributed by atoms with van der Waals surface area (Å²) in [4.78, 5) is 2.64. The van der Waals surface area contributed by atoms with Crippen LogP contribution < -0.4 is 5.73 Å². The molecule has 1 saturated carbocycles. The minimum atomic E-state index is 0.260. The molecule has 0 aromatic rings. The first-order valence-electron chi connectivity index (χ1n) is 7.23. The summed E-state index contributed by atoms with van der Waals surface area (Å²) in [6, 6.07) is 0. The molecule has 1 aliphatic heterocycles. The van der Waals surface area contributed by atoms with Crippen LogP contribution in [0.15, 0.2) is 0 Å². The van der Waals surface area contributed by atoms with Gasteiger partial charge in [0.15, 0.2) is 0 Å². The molecule has 2 rings (SSSR count). The van der Waals surface area contributed by atoms with Gasteiger partial charge in [-0.25, -0.2) is 0 Å². The second kappa shape index (κ2) is 5.68. The van der Waals surface area contributed by atoms with Gasteiger partial charge in [-0.05, 0) is 24.7 Å². The molecule has 17 heavy (non-hydrogen) atoms. The van der Waals surface area contributed by atoms with Crippen LogP contribution in [0.1, 0.15) is 39.5 Å². The summed E-state index contributed by atoms with van der Waals surface area (Å²) in [5, 5.41) is 0. The topological polar surface area (TPSA) is 38.5 Å². The molecule has 2 aliphatic rings. The van der Waals surface area contributed by atoms with Crippen LogP contribution in [0.25, 0.3) is 0 Å². The van der Waals surface area contributed by atoms with E-state index in [0.29, 0.717) is 0 Å². The Morgan fingerprint density at radius 2 is 2.00 bits per heavy atom. The van der Waals surface area contributed by atoms with Crippen molar-refractivity contribution in [2.24, 2.45) is 17.6 Å². The largest absolute Gasteiger partial charge is 0.379 e. The van der Waals surface area contributed by atoms with Gasteiger partial charge in [0.2, 0.25) is 0 Å². The van der Waals surface area contributed by atoms with Gasteiger partial charge in [0.05, 0.1) is 13.2 Å². The van der Waals surface area contributed by atoms with Crippen molar-refractivity contribution in [1.29, 1.82) is 0 Å². The molecule has 100 valence electrons. The molecule has 0 spiro atoms. The molecule has 2 unspecified atom stereocenters. The molecule has 1 saturated heterocycles. The summed E-state index contributed by atoms with van der Waals surface area (Å²) < 4.78 is 5.49. The van der Waals surface area contributed by atoms with Gasteiger partial charge in [-0.1, -0.05) is 26.7 Å². The summed E-state index contributed by atoms with van der Waals surface area (Å²) in [6.07, 6.45) is 5.37. The van der Waals surface area contributed by atoms with Crippen LogP contribution in [0.3, 0.4) is 0 Å². The quantitative estimate of drug-likeness (QED) is 0.818. The molecule has 0 aromatic carbocycles. The predicted molar refractivity (Wildman–Crippen MR) is 71.0 cm³/mol. The smallest absolute Gasteiger partial charge is 0.0594 e. The Morgan fingerprint density at radius 1 is 1.29 bits per heavy atom. The fourth-order valence-corrected chi connectivity index (χ4v) is 3.99. The van der Waals surface area contributed by atoms with E-state index in [1.165, 1.54) is 25.7 Å². The molecule has 3 heteroatoms. The highest BCUT2D eigenvalue weighted by Gasteiger charge is 2.45. The van der Waals surface area contributed by atoms with Gasteiger partial charge in [-0.3, -0.25) is 4.90 Å². The lowest BCUT2D eigenvalue weighted by atomic mass is 9.66. The number of nitrogens with two attached hydrogens (primary N) is 1. The van der Waals surface area contributed by atoms with Crippen LogP contribution in [0.5, 0.6) is 0 Å². The third-order valence-corrected chi connectivity index (χ3v) is 4.86. The maximum Gasteiger partial charge on any atom is 0.0594 e. The summed E-state index contributed by atoms with van der Waals surface area (Å²) >= 11 is 0. The van der Waals surface area contributed by atoms with E-state index in [1.54, 1.807) is 0 Å². The van der Waals surface area contributed by atoms with Crippen LogP contribution in [-0.4, -0.2) is 43.3 Å². The Kier molecular flexibility index (Phi) is 4.45. The van der Waals surface area contributed by atoms with Crippen molar-refractivity contribution in [2.75, 3.05) is 32.8 Å². The molecule has 2 N–H and O–H groups in total. The zero-order valence-electron chi connectivity index (χ0n) is 11.5. The van der Waals surface area contributed by atoms with Crippen molar-refractivity contribution in [3.8, 4) is 0 Å². The zero-order chi connectivity index (χ0) is 12.3. The first-order chi connectivity index (χ1) is 8.20. The van der Waals surface area contributed by atoms with Crippen molar-refractivity contribution in [1.82, 2.24) is 4.90 Å². The highest BCUT2D eigenvalue weighted by molar-refractivity contribution is 5.01. The number of ether oxygens (including phenoxy) is 1. The van der Waals surface area contributed by atoms with Gasteiger partial charge in [0.1, 0.15) is 0 Å². The Balaban J connectivity index is 2.18. The molecule has 0 radical (unpaired) electrons. The van der Waals surface area contributed by atoms with Crippen molar-refractivity contribution in [3.63, 3.8) is 0 Å². The van der Waals surface area contributed by atoms with Crippen LogP contribution in [-0.2, 0) is 4.74 Å². The van der Waals surface area contributed by atoms with E-state index in [2.05, 4.69) is 18.7 Å². The summed E-state index contributed by atoms with van der Waals surface area (Å²) in [7, 11) is 0. The molecule has 0 amide bonds. The van der Waals surface area contributed by atoms with Gasteiger partial charge in [0, 0.05) is 25.2 Å². The van der Waals surface area contributed by atoms with Crippen molar-refractivity contribution >= 4 is 0 Å². The molecule has 2 atom stereocenters.